The van der Waals surface area contributed by atoms with Crippen LogP contribution < -0.4 is 0 Å². The Morgan fingerprint density at radius 2 is 1.88 bits per heavy atom. The van der Waals surface area contributed by atoms with Crippen LogP contribution in [0.3, 0.4) is 0 Å². The van der Waals surface area contributed by atoms with Crippen LogP contribution in [0.15, 0.2) is 24.3 Å². The maximum atomic E-state index is 10.8. The molecule has 3 nitrogen and oxygen atoms in total. The molecule has 0 radical (unpaired) electrons. The first-order chi connectivity index (χ1) is 7.70. The van der Waals surface area contributed by atoms with Crippen molar-refractivity contribution in [2.75, 3.05) is 0 Å². The van der Waals surface area contributed by atoms with Gasteiger partial charge in [0.25, 0.3) is 0 Å². The van der Waals surface area contributed by atoms with E-state index in [-0.39, 0.29) is 0 Å². The predicted molar refractivity (Wildman–Crippen MR) is 60.2 cm³/mol. The molecule has 0 aromatic heterocycles. The van der Waals surface area contributed by atoms with Gasteiger partial charge >= 0.3 is 5.97 Å². The van der Waals surface area contributed by atoms with Crippen molar-refractivity contribution in [3.05, 3.63) is 35.4 Å². The first kappa shape index (κ1) is 11.1. The number of aliphatic hydroxyl groups excluding tert-OH is 1. The van der Waals surface area contributed by atoms with Gasteiger partial charge in [-0.05, 0) is 29.9 Å². The van der Waals surface area contributed by atoms with Crippen molar-refractivity contribution in [1.82, 2.24) is 0 Å². The summed E-state index contributed by atoms with van der Waals surface area (Å²) in [5, 5.41) is 18.5. The van der Waals surface area contributed by atoms with Crippen LogP contribution in [0.2, 0.25) is 0 Å². The summed E-state index contributed by atoms with van der Waals surface area (Å²) in [6.45, 7) is 0. The van der Waals surface area contributed by atoms with Crippen LogP contribution in [0, 0.1) is 0 Å². The number of carboxylic acid groups (broad SMARTS) is 1. The number of hydrogen-bond acceptors (Lipinski definition) is 2. The molecule has 1 aliphatic rings. The molecule has 2 rings (SSSR count). The fourth-order valence-corrected chi connectivity index (χ4v) is 2.50. The van der Waals surface area contributed by atoms with E-state index in [4.69, 9.17) is 5.11 Å². The number of aliphatic hydroxyl groups is 1. The fraction of sp³-hybridized carbons (Fsp3) is 0.462. The molecule has 16 heavy (non-hydrogen) atoms. The standard InChI is InChI=1S/C13H16O3/c14-12(13(15)16)11-8-4-3-7-10(11)9-5-1-2-6-9/h3-4,7-9,12,14H,1-2,5-6H2,(H,15,16). The second-order valence-electron chi connectivity index (χ2n) is 4.35. The van der Waals surface area contributed by atoms with Gasteiger partial charge in [-0.2, -0.15) is 0 Å². The summed E-state index contributed by atoms with van der Waals surface area (Å²) in [6.07, 6.45) is 3.20. The molecule has 1 unspecified atom stereocenters. The fourth-order valence-electron chi connectivity index (χ4n) is 2.50. The van der Waals surface area contributed by atoms with Crippen molar-refractivity contribution in [3.63, 3.8) is 0 Å². The average molecular weight is 220 g/mol. The highest BCUT2D eigenvalue weighted by Gasteiger charge is 2.25. The summed E-state index contributed by atoms with van der Waals surface area (Å²) in [4.78, 5) is 10.8. The summed E-state index contributed by atoms with van der Waals surface area (Å²) in [7, 11) is 0. The third-order valence-electron chi connectivity index (χ3n) is 3.32. The number of carbonyl (C=O) groups is 1. The maximum Gasteiger partial charge on any atom is 0.337 e. The summed E-state index contributed by atoms with van der Waals surface area (Å²) < 4.78 is 0. The highest BCUT2D eigenvalue weighted by atomic mass is 16.4. The normalized spacial score (nSPS) is 18.6. The molecule has 0 aliphatic heterocycles. The molecule has 0 saturated heterocycles. The summed E-state index contributed by atoms with van der Waals surface area (Å²) >= 11 is 0. The van der Waals surface area contributed by atoms with Crippen LogP contribution >= 0.6 is 0 Å². The minimum atomic E-state index is -1.39. The summed E-state index contributed by atoms with van der Waals surface area (Å²) in [5.74, 6) is -0.754. The Kier molecular flexibility index (Phi) is 3.25. The molecule has 0 amide bonds. The number of benzene rings is 1. The maximum absolute atomic E-state index is 10.8. The molecule has 1 aliphatic carbocycles. The van der Waals surface area contributed by atoms with Gasteiger partial charge in [-0.15, -0.1) is 0 Å². The van der Waals surface area contributed by atoms with E-state index in [1.54, 1.807) is 12.1 Å². The lowest BCUT2D eigenvalue weighted by Gasteiger charge is -2.16. The van der Waals surface area contributed by atoms with Crippen molar-refractivity contribution in [1.29, 1.82) is 0 Å². The van der Waals surface area contributed by atoms with Gasteiger partial charge < -0.3 is 10.2 Å². The first-order valence-corrected chi connectivity index (χ1v) is 5.70. The molecule has 1 aromatic rings. The van der Waals surface area contributed by atoms with E-state index in [2.05, 4.69) is 0 Å². The van der Waals surface area contributed by atoms with Crippen LogP contribution in [-0.4, -0.2) is 16.2 Å². The lowest BCUT2D eigenvalue weighted by molar-refractivity contribution is -0.147. The summed E-state index contributed by atoms with van der Waals surface area (Å²) in [6, 6.07) is 7.34. The van der Waals surface area contributed by atoms with Crippen molar-refractivity contribution in [3.8, 4) is 0 Å². The highest BCUT2D eigenvalue weighted by molar-refractivity contribution is 5.74. The Morgan fingerprint density at radius 1 is 1.25 bits per heavy atom. The molecule has 2 N–H and O–H groups in total. The van der Waals surface area contributed by atoms with E-state index >= 15 is 0 Å². The molecular weight excluding hydrogens is 204 g/mol. The van der Waals surface area contributed by atoms with E-state index < -0.39 is 12.1 Å². The van der Waals surface area contributed by atoms with Gasteiger partial charge in [0.1, 0.15) is 0 Å². The molecule has 3 heteroatoms. The summed E-state index contributed by atoms with van der Waals surface area (Å²) in [5.41, 5.74) is 1.57. The van der Waals surface area contributed by atoms with Gasteiger partial charge in [-0.3, -0.25) is 0 Å². The largest absolute Gasteiger partial charge is 0.479 e. The zero-order valence-electron chi connectivity index (χ0n) is 9.10. The van der Waals surface area contributed by atoms with E-state index in [9.17, 15) is 9.90 Å². The van der Waals surface area contributed by atoms with Crippen molar-refractivity contribution < 1.29 is 15.0 Å². The third-order valence-corrected chi connectivity index (χ3v) is 3.32. The van der Waals surface area contributed by atoms with Gasteiger partial charge in [0.2, 0.25) is 0 Å². The zero-order valence-corrected chi connectivity index (χ0v) is 9.10. The number of rotatable bonds is 3. The van der Waals surface area contributed by atoms with E-state index in [0.717, 1.165) is 18.4 Å². The highest BCUT2D eigenvalue weighted by Crippen LogP contribution is 2.37. The third kappa shape index (κ3) is 2.09. The van der Waals surface area contributed by atoms with Gasteiger partial charge in [0, 0.05) is 0 Å². The minimum absolute atomic E-state index is 0.421. The van der Waals surface area contributed by atoms with Crippen LogP contribution in [0.1, 0.15) is 48.8 Å². The van der Waals surface area contributed by atoms with Crippen molar-refractivity contribution >= 4 is 5.97 Å². The number of carboxylic acids is 1. The van der Waals surface area contributed by atoms with Gasteiger partial charge in [0.15, 0.2) is 6.10 Å². The Bertz CT molecular complexity index is 381. The van der Waals surface area contributed by atoms with E-state index in [1.165, 1.54) is 12.8 Å². The SMILES string of the molecule is O=C(O)C(O)c1ccccc1C1CCCC1. The Balaban J connectivity index is 2.33. The molecule has 0 spiro atoms. The van der Waals surface area contributed by atoms with Crippen LogP contribution in [0.5, 0.6) is 0 Å². The topological polar surface area (TPSA) is 57.5 Å². The first-order valence-electron chi connectivity index (χ1n) is 5.70. The molecule has 1 saturated carbocycles. The zero-order chi connectivity index (χ0) is 11.5. The van der Waals surface area contributed by atoms with Crippen molar-refractivity contribution in [2.24, 2.45) is 0 Å². The molecule has 86 valence electrons. The lowest BCUT2D eigenvalue weighted by Crippen LogP contribution is -2.13. The molecular formula is C13H16O3. The molecule has 0 heterocycles. The van der Waals surface area contributed by atoms with Gasteiger partial charge in [-0.1, -0.05) is 37.1 Å². The van der Waals surface area contributed by atoms with Gasteiger partial charge in [0.05, 0.1) is 0 Å². The number of hydrogen-bond donors (Lipinski definition) is 2. The quantitative estimate of drug-likeness (QED) is 0.822. The minimum Gasteiger partial charge on any atom is -0.479 e. The smallest absolute Gasteiger partial charge is 0.337 e. The van der Waals surface area contributed by atoms with Crippen LogP contribution in [-0.2, 0) is 4.79 Å². The predicted octanol–water partition coefficient (Wildman–Crippen LogP) is 2.46. The van der Waals surface area contributed by atoms with Crippen LogP contribution in [0.4, 0.5) is 0 Å². The monoisotopic (exact) mass is 220 g/mol. The van der Waals surface area contributed by atoms with E-state index in [0.29, 0.717) is 11.5 Å². The average Bonchev–Trinajstić information content (AvgIpc) is 2.81. The second kappa shape index (κ2) is 4.66. The Morgan fingerprint density at radius 3 is 2.50 bits per heavy atom. The molecule has 0 bridgehead atoms. The Labute approximate surface area is 94.7 Å². The molecule has 1 aromatic carbocycles. The molecule has 1 fully saturated rings. The van der Waals surface area contributed by atoms with Crippen LogP contribution in [0.25, 0.3) is 0 Å². The van der Waals surface area contributed by atoms with E-state index in [1.807, 2.05) is 12.1 Å². The van der Waals surface area contributed by atoms with Gasteiger partial charge in [-0.25, -0.2) is 4.79 Å². The Hall–Kier alpha value is -1.35. The number of aliphatic carboxylic acids is 1. The lowest BCUT2D eigenvalue weighted by atomic mass is 9.90. The second-order valence-corrected chi connectivity index (χ2v) is 4.35. The molecule has 1 atom stereocenters. The van der Waals surface area contributed by atoms with Crippen molar-refractivity contribution in [2.45, 2.75) is 37.7 Å².